The Balaban J connectivity index is 1.79. The molecule has 0 spiro atoms. The summed E-state index contributed by atoms with van der Waals surface area (Å²) >= 11 is 6.18. The van der Waals surface area contributed by atoms with E-state index in [4.69, 9.17) is 11.6 Å². The number of hydrogen-bond acceptors (Lipinski definition) is 4. The van der Waals surface area contributed by atoms with Crippen LogP contribution in [0.4, 0.5) is 5.69 Å². The zero-order valence-corrected chi connectivity index (χ0v) is 24.5. The molecular weight excluding hydrogens is 558 g/mol. The summed E-state index contributed by atoms with van der Waals surface area (Å²) in [4.78, 5) is 29.0. The maximum Gasteiger partial charge on any atom is 0.264 e. The number of hydrogen-bond donors (Lipinski definition) is 1. The summed E-state index contributed by atoms with van der Waals surface area (Å²) in [6.45, 7) is 1.34. The lowest BCUT2D eigenvalue weighted by molar-refractivity contribution is -0.139. The third-order valence-electron chi connectivity index (χ3n) is 6.75. The second-order valence-electron chi connectivity index (χ2n) is 9.58. The van der Waals surface area contributed by atoms with E-state index in [1.165, 1.54) is 24.1 Å². The van der Waals surface area contributed by atoms with Crippen molar-refractivity contribution in [2.75, 3.05) is 17.9 Å². The molecule has 0 aliphatic rings. The highest BCUT2D eigenvalue weighted by Gasteiger charge is 2.34. The highest BCUT2D eigenvalue weighted by molar-refractivity contribution is 7.92. The number of sulfonamides is 1. The summed E-state index contributed by atoms with van der Waals surface area (Å²) in [5.41, 5.74) is 2.59. The molecule has 0 aromatic heterocycles. The van der Waals surface area contributed by atoms with Crippen LogP contribution >= 0.6 is 11.6 Å². The molecule has 0 saturated heterocycles. The number of carbonyl (C=O) groups excluding carboxylic acids is 2. The molecule has 1 N–H and O–H groups in total. The third-order valence-corrected chi connectivity index (χ3v) is 8.76. The van der Waals surface area contributed by atoms with Crippen LogP contribution in [0, 0.1) is 6.92 Å². The number of amides is 2. The van der Waals surface area contributed by atoms with Gasteiger partial charge in [0.2, 0.25) is 11.8 Å². The molecular formula is C32H32ClN3O4S. The van der Waals surface area contributed by atoms with Crippen LogP contribution in [0.15, 0.2) is 114 Å². The minimum Gasteiger partial charge on any atom is -0.357 e. The Morgan fingerprint density at radius 2 is 1.39 bits per heavy atom. The fraction of sp³-hybridized carbons (Fsp3) is 0.188. The average Bonchev–Trinajstić information content (AvgIpc) is 2.99. The summed E-state index contributed by atoms with van der Waals surface area (Å²) in [7, 11) is -2.64. The lowest BCUT2D eigenvalue weighted by Crippen LogP contribution is -2.53. The average molecular weight is 590 g/mol. The van der Waals surface area contributed by atoms with Gasteiger partial charge in [0.1, 0.15) is 12.6 Å². The number of carbonyl (C=O) groups is 2. The summed E-state index contributed by atoms with van der Waals surface area (Å²) in [5, 5.41) is 3.13. The Hall–Kier alpha value is -4.14. The molecule has 0 bridgehead atoms. The predicted molar refractivity (Wildman–Crippen MR) is 162 cm³/mol. The zero-order chi connectivity index (χ0) is 29.4. The Labute approximate surface area is 246 Å². The van der Waals surface area contributed by atoms with Crippen LogP contribution in [0.5, 0.6) is 0 Å². The van der Waals surface area contributed by atoms with E-state index >= 15 is 0 Å². The van der Waals surface area contributed by atoms with Crippen molar-refractivity contribution in [3.63, 3.8) is 0 Å². The van der Waals surface area contributed by atoms with Crippen molar-refractivity contribution < 1.29 is 18.0 Å². The molecule has 41 heavy (non-hydrogen) atoms. The topological polar surface area (TPSA) is 86.8 Å². The van der Waals surface area contributed by atoms with Gasteiger partial charge in [0.15, 0.2) is 0 Å². The van der Waals surface area contributed by atoms with Crippen LogP contribution in [0.25, 0.3) is 0 Å². The van der Waals surface area contributed by atoms with Crippen LogP contribution in [0.3, 0.4) is 0 Å². The predicted octanol–water partition coefficient (Wildman–Crippen LogP) is 5.23. The van der Waals surface area contributed by atoms with E-state index in [0.717, 1.165) is 15.4 Å². The molecule has 0 saturated carbocycles. The van der Waals surface area contributed by atoms with Crippen molar-refractivity contribution in [2.45, 2.75) is 30.8 Å². The van der Waals surface area contributed by atoms with Crippen LogP contribution in [0.1, 0.15) is 16.7 Å². The number of aryl methyl sites for hydroxylation is 1. The van der Waals surface area contributed by atoms with E-state index in [1.54, 1.807) is 43.3 Å². The first-order valence-electron chi connectivity index (χ1n) is 13.1. The van der Waals surface area contributed by atoms with Gasteiger partial charge in [0, 0.05) is 25.0 Å². The first kappa shape index (κ1) is 29.8. The minimum atomic E-state index is -4.16. The number of benzene rings is 4. The molecule has 0 radical (unpaired) electrons. The largest absolute Gasteiger partial charge is 0.357 e. The minimum absolute atomic E-state index is 0.0453. The normalized spacial score (nSPS) is 11.9. The number of rotatable bonds is 11. The van der Waals surface area contributed by atoms with Gasteiger partial charge in [-0.1, -0.05) is 90.5 Å². The van der Waals surface area contributed by atoms with Gasteiger partial charge >= 0.3 is 0 Å². The fourth-order valence-corrected chi connectivity index (χ4v) is 6.36. The molecule has 4 aromatic carbocycles. The lowest BCUT2D eigenvalue weighted by Gasteiger charge is -2.34. The third kappa shape index (κ3) is 7.34. The number of halogens is 1. The number of nitrogens with one attached hydrogen (secondary N) is 1. The molecule has 4 aromatic rings. The van der Waals surface area contributed by atoms with Gasteiger partial charge in [-0.15, -0.1) is 0 Å². The van der Waals surface area contributed by atoms with Crippen LogP contribution in [-0.4, -0.2) is 44.8 Å². The summed E-state index contributed by atoms with van der Waals surface area (Å²) in [6, 6.07) is 30.6. The highest BCUT2D eigenvalue weighted by Crippen LogP contribution is 2.29. The standard InChI is InChI=1S/C32H32ClN3O4S/c1-24-20-27(33)18-19-29(24)36(41(39,40)28-16-10-5-11-17-28)23-31(37)35(22-26-14-8-4-9-15-26)30(32(38)34-2)21-25-12-6-3-7-13-25/h3-20,30H,21-23H2,1-2H3,(H,34,38). The lowest BCUT2D eigenvalue weighted by atomic mass is 10.0. The van der Waals surface area contributed by atoms with Gasteiger partial charge in [-0.25, -0.2) is 8.42 Å². The van der Waals surface area contributed by atoms with E-state index in [2.05, 4.69) is 5.32 Å². The molecule has 0 aliphatic carbocycles. The molecule has 0 fully saturated rings. The van der Waals surface area contributed by atoms with E-state index in [0.29, 0.717) is 16.3 Å². The second kappa shape index (κ2) is 13.5. The Morgan fingerprint density at radius 3 is 1.95 bits per heavy atom. The highest BCUT2D eigenvalue weighted by atomic mass is 35.5. The fourth-order valence-electron chi connectivity index (χ4n) is 4.63. The van der Waals surface area contributed by atoms with Gasteiger partial charge in [0.05, 0.1) is 10.6 Å². The number of likely N-dealkylation sites (N-methyl/N-ethyl adjacent to an activating group) is 1. The van der Waals surface area contributed by atoms with Gasteiger partial charge in [0.25, 0.3) is 10.0 Å². The Kier molecular flexibility index (Phi) is 9.81. The van der Waals surface area contributed by atoms with Crippen LogP contribution < -0.4 is 9.62 Å². The first-order valence-corrected chi connectivity index (χ1v) is 15.0. The van der Waals surface area contributed by atoms with Crippen molar-refractivity contribution in [3.05, 3.63) is 131 Å². The van der Waals surface area contributed by atoms with E-state index in [1.807, 2.05) is 60.7 Å². The maximum atomic E-state index is 14.3. The van der Waals surface area contributed by atoms with Crippen molar-refractivity contribution in [3.8, 4) is 0 Å². The summed E-state index contributed by atoms with van der Waals surface area (Å²) in [6.07, 6.45) is 0.254. The van der Waals surface area contributed by atoms with Crippen molar-refractivity contribution in [1.82, 2.24) is 10.2 Å². The molecule has 0 heterocycles. The molecule has 9 heteroatoms. The van der Waals surface area contributed by atoms with Crippen molar-refractivity contribution in [1.29, 1.82) is 0 Å². The smallest absolute Gasteiger partial charge is 0.264 e. The first-order chi connectivity index (χ1) is 19.7. The van der Waals surface area contributed by atoms with Gasteiger partial charge in [-0.3, -0.25) is 13.9 Å². The molecule has 2 amide bonds. The Bertz CT molecular complexity index is 1580. The van der Waals surface area contributed by atoms with Gasteiger partial charge in [-0.05, 0) is 53.9 Å². The summed E-state index contributed by atoms with van der Waals surface area (Å²) < 4.78 is 29.1. The van der Waals surface area contributed by atoms with E-state index in [9.17, 15) is 18.0 Å². The monoisotopic (exact) mass is 589 g/mol. The van der Waals surface area contributed by atoms with Crippen molar-refractivity contribution >= 4 is 39.1 Å². The van der Waals surface area contributed by atoms with Gasteiger partial charge in [-0.2, -0.15) is 0 Å². The van der Waals surface area contributed by atoms with E-state index < -0.39 is 28.5 Å². The van der Waals surface area contributed by atoms with Crippen LogP contribution in [-0.2, 0) is 32.6 Å². The Morgan fingerprint density at radius 1 is 0.829 bits per heavy atom. The molecule has 7 nitrogen and oxygen atoms in total. The molecule has 0 aliphatic heterocycles. The van der Waals surface area contributed by atoms with Crippen molar-refractivity contribution in [2.24, 2.45) is 0 Å². The van der Waals surface area contributed by atoms with Gasteiger partial charge < -0.3 is 10.2 Å². The quantitative estimate of drug-likeness (QED) is 0.260. The second-order valence-corrected chi connectivity index (χ2v) is 11.9. The number of nitrogens with zero attached hydrogens (tertiary/aromatic N) is 2. The molecule has 212 valence electrons. The SMILES string of the molecule is CNC(=O)C(Cc1ccccc1)N(Cc1ccccc1)C(=O)CN(c1ccc(Cl)cc1C)S(=O)(=O)c1ccccc1. The summed E-state index contributed by atoms with van der Waals surface area (Å²) in [5.74, 6) is -0.870. The molecule has 1 atom stereocenters. The zero-order valence-electron chi connectivity index (χ0n) is 22.9. The maximum absolute atomic E-state index is 14.3. The van der Waals surface area contributed by atoms with E-state index in [-0.39, 0.29) is 23.8 Å². The molecule has 1 unspecified atom stereocenters. The van der Waals surface area contributed by atoms with Crippen LogP contribution in [0.2, 0.25) is 5.02 Å². The number of anilines is 1. The molecule has 4 rings (SSSR count).